The first-order valence-corrected chi connectivity index (χ1v) is 13.4. The molecule has 2 fully saturated rings. The molecule has 2 aliphatic heterocycles. The average Bonchev–Trinajstić information content (AvgIpc) is 2.85. The van der Waals surface area contributed by atoms with Crippen LogP contribution in [0.15, 0.2) is 0 Å². The zero-order chi connectivity index (χ0) is 27.9. The third kappa shape index (κ3) is 5.63. The molecule has 11 nitrogen and oxygen atoms in total. The molecule has 2 heterocycles. The molecule has 0 aliphatic carbocycles. The van der Waals surface area contributed by atoms with Gasteiger partial charge in [-0.25, -0.2) is 0 Å². The smallest absolute Gasteiger partial charge is 0.229 e. The molecule has 1 aromatic rings. The quantitative estimate of drug-likeness (QED) is 0.289. The summed E-state index contributed by atoms with van der Waals surface area (Å²) in [4.78, 5) is 13.2. The van der Waals surface area contributed by atoms with Crippen LogP contribution in [0.25, 0.3) is 0 Å². The summed E-state index contributed by atoms with van der Waals surface area (Å²) in [6.07, 6.45) is -11.7. The first kappa shape index (κ1) is 30.1. The Bertz CT molecular complexity index is 986. The molecule has 10 atom stereocenters. The van der Waals surface area contributed by atoms with Crippen molar-refractivity contribution in [1.29, 1.82) is 0 Å². The van der Waals surface area contributed by atoms with E-state index in [1.807, 2.05) is 13.8 Å². The Balaban J connectivity index is 2.14. The van der Waals surface area contributed by atoms with Gasteiger partial charge in [-0.3, -0.25) is 4.79 Å². The van der Waals surface area contributed by atoms with Gasteiger partial charge in [0.25, 0.3) is 0 Å². The molecule has 1 aromatic carbocycles. The number of hydrogen-bond donors (Lipinski definition) is 6. The maximum absolute atomic E-state index is 13.2. The van der Waals surface area contributed by atoms with Crippen LogP contribution in [0.5, 0.6) is 11.5 Å². The van der Waals surface area contributed by atoms with Gasteiger partial charge in [0.1, 0.15) is 48.1 Å². The minimum absolute atomic E-state index is 0.0439. The minimum Gasteiger partial charge on any atom is -0.461 e. The highest BCUT2D eigenvalue weighted by molar-refractivity contribution is 8.13. The molecular weight excluding hydrogens is 508 g/mol. The van der Waals surface area contributed by atoms with Crippen LogP contribution in [0.1, 0.15) is 60.7 Å². The fourth-order valence-corrected chi connectivity index (χ4v) is 5.22. The first-order chi connectivity index (χ1) is 17.2. The second-order valence-electron chi connectivity index (χ2n) is 9.94. The maximum Gasteiger partial charge on any atom is 0.229 e. The van der Waals surface area contributed by atoms with Crippen molar-refractivity contribution in [3.8, 4) is 11.5 Å². The Labute approximate surface area is 220 Å². The largest absolute Gasteiger partial charge is 0.461 e. The van der Waals surface area contributed by atoms with Crippen LogP contribution >= 0.6 is 11.8 Å². The summed E-state index contributed by atoms with van der Waals surface area (Å²) < 4.78 is 23.4. The van der Waals surface area contributed by atoms with Crippen molar-refractivity contribution < 1.29 is 54.4 Å². The summed E-state index contributed by atoms with van der Waals surface area (Å²) in [6, 6.07) is 0. The van der Waals surface area contributed by atoms with Gasteiger partial charge in [-0.15, -0.1) is 0 Å². The second-order valence-corrected chi connectivity index (χ2v) is 10.7. The van der Waals surface area contributed by atoms with E-state index in [9.17, 15) is 35.4 Å². The summed E-state index contributed by atoms with van der Waals surface area (Å²) >= 11 is 0.970. The van der Waals surface area contributed by atoms with Crippen molar-refractivity contribution in [2.24, 2.45) is 0 Å². The van der Waals surface area contributed by atoms with E-state index in [0.717, 1.165) is 11.8 Å². The lowest BCUT2D eigenvalue weighted by molar-refractivity contribution is -0.269. The summed E-state index contributed by atoms with van der Waals surface area (Å²) in [7, 11) is 0. The number of carbonyl (C=O) groups excluding carboxylic acids is 1. The predicted molar refractivity (Wildman–Crippen MR) is 134 cm³/mol. The number of carbonyl (C=O) groups is 1. The highest BCUT2D eigenvalue weighted by Crippen LogP contribution is 2.44. The van der Waals surface area contributed by atoms with E-state index < -0.39 is 61.4 Å². The lowest BCUT2D eigenvalue weighted by Gasteiger charge is -2.40. The minimum atomic E-state index is -1.61. The van der Waals surface area contributed by atoms with E-state index in [2.05, 4.69) is 0 Å². The van der Waals surface area contributed by atoms with Crippen molar-refractivity contribution in [1.82, 2.24) is 0 Å². The van der Waals surface area contributed by atoms with Gasteiger partial charge in [0.05, 0.1) is 17.8 Å². The van der Waals surface area contributed by atoms with Gasteiger partial charge in [-0.05, 0) is 51.0 Å². The normalized spacial score (nSPS) is 36.5. The molecule has 37 heavy (non-hydrogen) atoms. The van der Waals surface area contributed by atoms with Crippen molar-refractivity contribution in [2.45, 2.75) is 109 Å². The third-order valence-corrected chi connectivity index (χ3v) is 7.55. The predicted octanol–water partition coefficient (Wildman–Crippen LogP) is 0.343. The zero-order valence-electron chi connectivity index (χ0n) is 22.0. The van der Waals surface area contributed by atoms with E-state index in [4.69, 9.17) is 18.9 Å². The number of thioether (sulfide) groups is 1. The van der Waals surface area contributed by atoms with Crippen molar-refractivity contribution in [3.05, 3.63) is 22.3 Å². The van der Waals surface area contributed by atoms with Crippen LogP contribution < -0.4 is 9.47 Å². The molecule has 0 bridgehead atoms. The number of hydrogen-bond acceptors (Lipinski definition) is 12. The Morgan fingerprint density at radius 2 is 1.19 bits per heavy atom. The van der Waals surface area contributed by atoms with E-state index in [0.29, 0.717) is 16.7 Å². The van der Waals surface area contributed by atoms with Gasteiger partial charge in [0.15, 0.2) is 0 Å². The number of aliphatic hydroxyl groups excluding tert-OH is 6. The van der Waals surface area contributed by atoms with Crippen LogP contribution in [0.4, 0.5) is 0 Å². The van der Waals surface area contributed by atoms with Gasteiger partial charge >= 0.3 is 0 Å². The third-order valence-electron chi connectivity index (χ3n) is 6.97. The van der Waals surface area contributed by atoms with Crippen LogP contribution in [-0.4, -0.2) is 103 Å². The van der Waals surface area contributed by atoms with Gasteiger partial charge in [-0.2, -0.15) is 0 Å². The average molecular weight is 547 g/mol. The van der Waals surface area contributed by atoms with Crippen LogP contribution in [-0.2, 0) is 9.47 Å². The van der Waals surface area contributed by atoms with Gasteiger partial charge in [0, 0.05) is 5.56 Å². The van der Waals surface area contributed by atoms with Crippen molar-refractivity contribution in [2.75, 3.05) is 6.26 Å². The summed E-state index contributed by atoms with van der Waals surface area (Å²) in [5.41, 5.74) is 1.73. The fraction of sp³-hybridized carbons (Fsp3) is 0.720. The van der Waals surface area contributed by atoms with Gasteiger partial charge in [-0.1, -0.05) is 25.6 Å². The van der Waals surface area contributed by atoms with Crippen LogP contribution in [0.2, 0.25) is 0 Å². The van der Waals surface area contributed by atoms with Crippen molar-refractivity contribution >= 4 is 16.9 Å². The number of benzene rings is 1. The number of rotatable bonds is 6. The zero-order valence-corrected chi connectivity index (χ0v) is 22.8. The standard InChI is InChI=1S/C25H38O11S/c1-8(2)13-9(3)21(35-24-19(30)17(28)15(26)11(5)33-24)10(4)22(14(13)23(32)37-7)36-25-20(31)18(29)16(27)12(6)34-25/h8,11-12,15-20,24-31H,1-7H3. The number of aliphatic hydroxyl groups is 6. The van der Waals surface area contributed by atoms with E-state index in [1.54, 1.807) is 20.1 Å². The van der Waals surface area contributed by atoms with Gasteiger partial charge < -0.3 is 49.6 Å². The lowest BCUT2D eigenvalue weighted by Crippen LogP contribution is -2.58. The topological polar surface area (TPSA) is 175 Å². The molecule has 2 saturated heterocycles. The Kier molecular flexibility index (Phi) is 9.53. The molecule has 10 unspecified atom stereocenters. The Hall–Kier alpha value is -1.48. The monoisotopic (exact) mass is 546 g/mol. The Morgan fingerprint density at radius 3 is 1.59 bits per heavy atom. The molecular formula is C25H38O11S. The van der Waals surface area contributed by atoms with Crippen LogP contribution in [0.3, 0.4) is 0 Å². The molecule has 210 valence electrons. The molecule has 0 aromatic heterocycles. The summed E-state index contributed by atoms with van der Waals surface area (Å²) in [6.45, 7) is 10.2. The van der Waals surface area contributed by atoms with E-state index in [1.165, 1.54) is 13.8 Å². The van der Waals surface area contributed by atoms with E-state index >= 15 is 0 Å². The molecule has 3 rings (SSSR count). The highest BCUT2D eigenvalue weighted by Gasteiger charge is 2.46. The number of ether oxygens (including phenoxy) is 4. The molecule has 0 spiro atoms. The maximum atomic E-state index is 13.2. The molecule has 6 N–H and O–H groups in total. The Morgan fingerprint density at radius 1 is 0.757 bits per heavy atom. The first-order valence-electron chi connectivity index (χ1n) is 12.2. The van der Waals surface area contributed by atoms with Gasteiger partial charge in [0.2, 0.25) is 17.7 Å². The highest BCUT2D eigenvalue weighted by atomic mass is 32.2. The molecule has 0 saturated carbocycles. The van der Waals surface area contributed by atoms with Crippen molar-refractivity contribution in [3.63, 3.8) is 0 Å². The molecule has 0 radical (unpaired) electrons. The fourth-order valence-electron chi connectivity index (χ4n) is 4.81. The van der Waals surface area contributed by atoms with Crippen LogP contribution in [0, 0.1) is 13.8 Å². The van der Waals surface area contributed by atoms with E-state index in [-0.39, 0.29) is 28.1 Å². The lowest BCUT2D eigenvalue weighted by atomic mass is 9.89. The SMILES string of the molecule is CSC(=O)c1c(OC2OC(C)C(O)C(O)C2O)c(C)c(OC2OC(C)C(O)C(O)C2O)c(C)c1C(C)C. The molecule has 12 heteroatoms. The molecule has 0 amide bonds. The molecule has 2 aliphatic rings. The second kappa shape index (κ2) is 11.7. The summed E-state index contributed by atoms with van der Waals surface area (Å²) in [5.74, 6) is 0.0704. The summed E-state index contributed by atoms with van der Waals surface area (Å²) in [5, 5.41) is 61.4.